The Bertz CT molecular complexity index is 437. The van der Waals surface area contributed by atoms with E-state index in [0.717, 1.165) is 25.9 Å². The predicted molar refractivity (Wildman–Crippen MR) is 70.4 cm³/mol. The van der Waals surface area contributed by atoms with Crippen LogP contribution < -0.4 is 5.73 Å². The molecule has 0 spiro atoms. The van der Waals surface area contributed by atoms with Crippen molar-refractivity contribution in [2.75, 3.05) is 19.6 Å². The number of benzene rings is 1. The fourth-order valence-electron chi connectivity index (χ4n) is 2.28. The first-order valence-electron chi connectivity index (χ1n) is 6.32. The maximum atomic E-state index is 12.2. The van der Waals surface area contributed by atoms with Gasteiger partial charge in [-0.25, -0.2) is 0 Å². The smallest absolute Gasteiger partial charge is 0.253 e. The minimum Gasteiger partial charge on any atom is -0.508 e. The molecule has 2 rings (SSSR count). The Morgan fingerprint density at radius 1 is 1.44 bits per heavy atom. The minimum atomic E-state index is -0.00929. The van der Waals surface area contributed by atoms with Crippen molar-refractivity contribution in [3.63, 3.8) is 0 Å². The number of carbonyl (C=O) groups is 1. The number of likely N-dealkylation sites (tertiary alicyclic amines) is 1. The van der Waals surface area contributed by atoms with E-state index >= 15 is 0 Å². The Balaban J connectivity index is 2.04. The molecule has 18 heavy (non-hydrogen) atoms. The molecule has 3 N–H and O–H groups in total. The molecule has 1 saturated heterocycles. The lowest BCUT2D eigenvalue weighted by molar-refractivity contribution is 0.0617. The van der Waals surface area contributed by atoms with E-state index in [2.05, 4.69) is 6.92 Å². The van der Waals surface area contributed by atoms with Crippen molar-refractivity contribution in [1.29, 1.82) is 0 Å². The third-order valence-electron chi connectivity index (χ3n) is 3.84. The van der Waals surface area contributed by atoms with Crippen LogP contribution in [-0.4, -0.2) is 35.5 Å². The maximum absolute atomic E-state index is 12.2. The second-order valence-corrected chi connectivity index (χ2v) is 5.36. The van der Waals surface area contributed by atoms with Crippen molar-refractivity contribution < 1.29 is 9.90 Å². The van der Waals surface area contributed by atoms with Crippen molar-refractivity contribution in [1.82, 2.24) is 4.90 Å². The van der Waals surface area contributed by atoms with Crippen molar-refractivity contribution in [3.8, 4) is 5.75 Å². The molecular formula is C14H20N2O2. The Morgan fingerprint density at radius 3 is 2.67 bits per heavy atom. The van der Waals surface area contributed by atoms with Gasteiger partial charge in [0.25, 0.3) is 5.91 Å². The van der Waals surface area contributed by atoms with Crippen LogP contribution in [0.4, 0.5) is 0 Å². The molecule has 98 valence electrons. The van der Waals surface area contributed by atoms with E-state index in [9.17, 15) is 9.90 Å². The Labute approximate surface area is 107 Å². The van der Waals surface area contributed by atoms with Gasteiger partial charge in [-0.1, -0.05) is 13.0 Å². The molecule has 0 aliphatic carbocycles. The number of piperidine rings is 1. The molecule has 1 aromatic carbocycles. The van der Waals surface area contributed by atoms with E-state index in [-0.39, 0.29) is 17.1 Å². The van der Waals surface area contributed by atoms with E-state index in [0.29, 0.717) is 12.1 Å². The normalized spacial score (nSPS) is 18.7. The van der Waals surface area contributed by atoms with Crippen LogP contribution in [-0.2, 0) is 0 Å². The van der Waals surface area contributed by atoms with E-state index in [4.69, 9.17) is 5.73 Å². The highest BCUT2D eigenvalue weighted by molar-refractivity contribution is 5.94. The lowest BCUT2D eigenvalue weighted by Crippen LogP contribution is -2.44. The average molecular weight is 248 g/mol. The summed E-state index contributed by atoms with van der Waals surface area (Å²) in [5.41, 5.74) is 6.46. The van der Waals surface area contributed by atoms with E-state index < -0.39 is 0 Å². The van der Waals surface area contributed by atoms with Gasteiger partial charge < -0.3 is 15.7 Å². The fraction of sp³-hybridized carbons (Fsp3) is 0.500. The number of rotatable bonds is 2. The summed E-state index contributed by atoms with van der Waals surface area (Å²) in [6, 6.07) is 6.51. The largest absolute Gasteiger partial charge is 0.508 e. The van der Waals surface area contributed by atoms with Crippen LogP contribution in [0.1, 0.15) is 30.1 Å². The topological polar surface area (TPSA) is 66.6 Å². The van der Waals surface area contributed by atoms with Crippen LogP contribution in [0, 0.1) is 5.41 Å². The zero-order valence-corrected chi connectivity index (χ0v) is 10.7. The summed E-state index contributed by atoms with van der Waals surface area (Å²) < 4.78 is 0. The van der Waals surface area contributed by atoms with Crippen molar-refractivity contribution in [3.05, 3.63) is 29.8 Å². The number of hydrogen-bond donors (Lipinski definition) is 2. The van der Waals surface area contributed by atoms with Gasteiger partial charge in [0.05, 0.1) is 0 Å². The van der Waals surface area contributed by atoms with Gasteiger partial charge in [0, 0.05) is 18.7 Å². The monoisotopic (exact) mass is 248 g/mol. The van der Waals surface area contributed by atoms with Crippen molar-refractivity contribution in [2.45, 2.75) is 19.8 Å². The summed E-state index contributed by atoms with van der Waals surface area (Å²) in [5.74, 6) is 0.120. The van der Waals surface area contributed by atoms with Crippen molar-refractivity contribution >= 4 is 5.91 Å². The average Bonchev–Trinajstić information content (AvgIpc) is 2.39. The van der Waals surface area contributed by atoms with Crippen molar-refractivity contribution in [2.24, 2.45) is 11.1 Å². The van der Waals surface area contributed by atoms with Crippen LogP contribution >= 0.6 is 0 Å². The number of phenolic OH excluding ortho intramolecular Hbond substituents is 1. The molecular weight excluding hydrogens is 228 g/mol. The number of phenols is 1. The number of carbonyl (C=O) groups excluding carboxylic acids is 1. The van der Waals surface area contributed by atoms with Gasteiger partial charge in [-0.2, -0.15) is 0 Å². The molecule has 4 heteroatoms. The Hall–Kier alpha value is -1.55. The highest BCUT2D eigenvalue weighted by Crippen LogP contribution is 2.30. The van der Waals surface area contributed by atoms with Gasteiger partial charge >= 0.3 is 0 Å². The standard InChI is InChI=1S/C14H20N2O2/c1-14(10-15)5-7-16(8-6-14)13(18)11-3-2-4-12(17)9-11/h2-4,9,17H,5-8,10,15H2,1H3. The third kappa shape index (κ3) is 2.64. The highest BCUT2D eigenvalue weighted by Gasteiger charge is 2.30. The summed E-state index contributed by atoms with van der Waals surface area (Å²) in [6.07, 6.45) is 1.88. The molecule has 1 amide bonds. The second kappa shape index (κ2) is 4.98. The molecule has 1 aliphatic heterocycles. The van der Waals surface area contributed by atoms with Gasteiger partial charge in [-0.15, -0.1) is 0 Å². The quantitative estimate of drug-likeness (QED) is 0.835. The van der Waals surface area contributed by atoms with Crippen LogP contribution in [0.3, 0.4) is 0 Å². The van der Waals surface area contributed by atoms with Gasteiger partial charge in [-0.3, -0.25) is 4.79 Å². The molecule has 1 heterocycles. The zero-order valence-electron chi connectivity index (χ0n) is 10.7. The van der Waals surface area contributed by atoms with E-state index in [1.807, 2.05) is 4.90 Å². The third-order valence-corrected chi connectivity index (χ3v) is 3.84. The molecule has 0 bridgehead atoms. The van der Waals surface area contributed by atoms with Crippen LogP contribution in [0.2, 0.25) is 0 Å². The van der Waals surface area contributed by atoms with Crippen LogP contribution in [0.25, 0.3) is 0 Å². The zero-order chi connectivity index (χ0) is 13.2. The fourth-order valence-corrected chi connectivity index (χ4v) is 2.28. The van der Waals surface area contributed by atoms with Crippen LogP contribution in [0.5, 0.6) is 5.75 Å². The summed E-state index contributed by atoms with van der Waals surface area (Å²) in [4.78, 5) is 14.1. The van der Waals surface area contributed by atoms with E-state index in [1.165, 1.54) is 6.07 Å². The lowest BCUT2D eigenvalue weighted by Gasteiger charge is -2.38. The lowest BCUT2D eigenvalue weighted by atomic mass is 9.80. The summed E-state index contributed by atoms with van der Waals surface area (Å²) >= 11 is 0. The van der Waals surface area contributed by atoms with Gasteiger partial charge in [-0.05, 0) is 43.0 Å². The molecule has 0 aromatic heterocycles. The molecule has 0 atom stereocenters. The number of nitrogens with zero attached hydrogens (tertiary/aromatic N) is 1. The Morgan fingerprint density at radius 2 is 2.11 bits per heavy atom. The second-order valence-electron chi connectivity index (χ2n) is 5.36. The van der Waals surface area contributed by atoms with Gasteiger partial charge in [0.15, 0.2) is 0 Å². The highest BCUT2D eigenvalue weighted by atomic mass is 16.3. The maximum Gasteiger partial charge on any atom is 0.253 e. The summed E-state index contributed by atoms with van der Waals surface area (Å²) in [5, 5.41) is 9.39. The SMILES string of the molecule is CC1(CN)CCN(C(=O)c2cccc(O)c2)CC1. The molecule has 4 nitrogen and oxygen atoms in total. The number of amides is 1. The van der Waals surface area contributed by atoms with Gasteiger partial charge in [0.2, 0.25) is 0 Å². The predicted octanol–water partition coefficient (Wildman–Crippen LogP) is 1.59. The van der Waals surface area contributed by atoms with Gasteiger partial charge in [0.1, 0.15) is 5.75 Å². The molecule has 0 radical (unpaired) electrons. The molecule has 1 fully saturated rings. The number of hydrogen-bond acceptors (Lipinski definition) is 3. The molecule has 0 saturated carbocycles. The minimum absolute atomic E-state index is 0.00929. The van der Waals surface area contributed by atoms with Crippen LogP contribution in [0.15, 0.2) is 24.3 Å². The first-order valence-corrected chi connectivity index (χ1v) is 6.32. The summed E-state index contributed by atoms with van der Waals surface area (Å²) in [6.45, 7) is 4.31. The molecule has 1 aromatic rings. The first-order chi connectivity index (χ1) is 8.54. The molecule has 1 aliphatic rings. The van der Waals surface area contributed by atoms with E-state index in [1.54, 1.807) is 18.2 Å². The Kier molecular flexibility index (Phi) is 3.57. The first kappa shape index (κ1) is 12.9. The summed E-state index contributed by atoms with van der Waals surface area (Å²) in [7, 11) is 0. The number of nitrogens with two attached hydrogens (primary N) is 1. The molecule has 0 unspecified atom stereocenters. The number of aromatic hydroxyl groups is 1.